The summed E-state index contributed by atoms with van der Waals surface area (Å²) in [6.45, 7) is 3.92. The standard InChI is InChI=1S/C16H20N4O6/c1-3-18(4-2)15(22)8-17-14(21)9-19-12-7-11(20(24)25)5-6-13(12)26-10-16(19)23/h5-7H,3-4,8-10H2,1-2H3,(H,17,21). The number of non-ortho nitro benzene ring substituents is 1. The van der Waals surface area contributed by atoms with Gasteiger partial charge < -0.3 is 15.0 Å². The molecule has 1 aromatic carbocycles. The van der Waals surface area contributed by atoms with Gasteiger partial charge in [0.05, 0.1) is 17.2 Å². The second kappa shape index (κ2) is 8.28. The third-order valence-electron chi connectivity index (χ3n) is 3.95. The van der Waals surface area contributed by atoms with Gasteiger partial charge in [-0.25, -0.2) is 0 Å². The quantitative estimate of drug-likeness (QED) is 0.549. The molecule has 0 radical (unpaired) electrons. The summed E-state index contributed by atoms with van der Waals surface area (Å²) < 4.78 is 5.23. The first-order valence-corrected chi connectivity index (χ1v) is 8.13. The van der Waals surface area contributed by atoms with Crippen LogP contribution in [0.5, 0.6) is 5.75 Å². The van der Waals surface area contributed by atoms with Crippen LogP contribution >= 0.6 is 0 Å². The molecule has 140 valence electrons. The maximum absolute atomic E-state index is 12.1. The van der Waals surface area contributed by atoms with Crippen molar-refractivity contribution in [2.24, 2.45) is 0 Å². The lowest BCUT2D eigenvalue weighted by Gasteiger charge is -2.28. The topological polar surface area (TPSA) is 122 Å². The van der Waals surface area contributed by atoms with Crippen molar-refractivity contribution in [1.29, 1.82) is 0 Å². The molecule has 3 amide bonds. The number of nitro groups is 1. The van der Waals surface area contributed by atoms with E-state index in [4.69, 9.17) is 4.74 Å². The number of nitro benzene ring substituents is 1. The molecule has 0 aliphatic carbocycles. The van der Waals surface area contributed by atoms with Crippen molar-refractivity contribution < 1.29 is 24.0 Å². The Balaban J connectivity index is 2.08. The minimum Gasteiger partial charge on any atom is -0.482 e. The van der Waals surface area contributed by atoms with E-state index in [0.29, 0.717) is 13.1 Å². The Bertz CT molecular complexity index is 731. The molecule has 10 heteroatoms. The van der Waals surface area contributed by atoms with E-state index in [1.54, 1.807) is 4.90 Å². The molecule has 1 aromatic rings. The second-order valence-corrected chi connectivity index (χ2v) is 5.52. The Morgan fingerprint density at radius 1 is 1.35 bits per heavy atom. The van der Waals surface area contributed by atoms with E-state index >= 15 is 0 Å². The number of nitrogens with zero attached hydrogens (tertiary/aromatic N) is 3. The number of fused-ring (bicyclic) bond motifs is 1. The van der Waals surface area contributed by atoms with Crippen molar-refractivity contribution in [3.63, 3.8) is 0 Å². The van der Waals surface area contributed by atoms with Gasteiger partial charge in [-0.3, -0.25) is 29.4 Å². The first-order valence-electron chi connectivity index (χ1n) is 8.13. The number of hydrogen-bond donors (Lipinski definition) is 1. The average molecular weight is 364 g/mol. The second-order valence-electron chi connectivity index (χ2n) is 5.52. The Labute approximate surface area is 149 Å². The summed E-state index contributed by atoms with van der Waals surface area (Å²) in [7, 11) is 0. The zero-order valence-corrected chi connectivity index (χ0v) is 14.6. The van der Waals surface area contributed by atoms with Gasteiger partial charge in [-0.05, 0) is 19.9 Å². The Morgan fingerprint density at radius 3 is 2.65 bits per heavy atom. The molecule has 1 aliphatic heterocycles. The highest BCUT2D eigenvalue weighted by Gasteiger charge is 2.29. The number of hydrogen-bond acceptors (Lipinski definition) is 6. The van der Waals surface area contributed by atoms with Gasteiger partial charge in [-0.1, -0.05) is 0 Å². The van der Waals surface area contributed by atoms with E-state index in [0.717, 1.165) is 4.90 Å². The van der Waals surface area contributed by atoms with Crippen LogP contribution < -0.4 is 15.0 Å². The van der Waals surface area contributed by atoms with Crippen molar-refractivity contribution in [2.45, 2.75) is 13.8 Å². The monoisotopic (exact) mass is 364 g/mol. The van der Waals surface area contributed by atoms with Crippen molar-refractivity contribution >= 4 is 29.1 Å². The number of carbonyl (C=O) groups is 3. The van der Waals surface area contributed by atoms with Crippen LogP contribution in [-0.2, 0) is 14.4 Å². The van der Waals surface area contributed by atoms with E-state index < -0.39 is 16.7 Å². The first-order chi connectivity index (χ1) is 12.4. The zero-order chi connectivity index (χ0) is 19.3. The fourth-order valence-corrected chi connectivity index (χ4v) is 2.54. The molecule has 26 heavy (non-hydrogen) atoms. The number of carbonyl (C=O) groups excluding carboxylic acids is 3. The van der Waals surface area contributed by atoms with Gasteiger partial charge in [0.2, 0.25) is 11.8 Å². The summed E-state index contributed by atoms with van der Waals surface area (Å²) in [6, 6.07) is 3.82. The van der Waals surface area contributed by atoms with Gasteiger partial charge in [0.25, 0.3) is 11.6 Å². The van der Waals surface area contributed by atoms with Crippen LogP contribution in [-0.4, -0.2) is 60.3 Å². The van der Waals surface area contributed by atoms with Crippen LogP contribution in [0.1, 0.15) is 13.8 Å². The smallest absolute Gasteiger partial charge is 0.271 e. The molecule has 0 spiro atoms. The minimum atomic E-state index is -0.597. The van der Waals surface area contributed by atoms with E-state index in [9.17, 15) is 24.5 Å². The predicted molar refractivity (Wildman–Crippen MR) is 91.9 cm³/mol. The van der Waals surface area contributed by atoms with Gasteiger partial charge in [-0.15, -0.1) is 0 Å². The highest BCUT2D eigenvalue weighted by molar-refractivity contribution is 6.02. The van der Waals surface area contributed by atoms with Gasteiger partial charge in [0.15, 0.2) is 6.61 Å². The van der Waals surface area contributed by atoms with Crippen LogP contribution in [0.15, 0.2) is 18.2 Å². The van der Waals surface area contributed by atoms with Crippen LogP contribution in [0.25, 0.3) is 0 Å². The number of ether oxygens (including phenoxy) is 1. The number of likely N-dealkylation sites (N-methyl/N-ethyl adjacent to an activating group) is 1. The van der Waals surface area contributed by atoms with Crippen LogP contribution in [0.2, 0.25) is 0 Å². The molecule has 0 bridgehead atoms. The first kappa shape index (κ1) is 19.2. The lowest BCUT2D eigenvalue weighted by Crippen LogP contribution is -2.47. The van der Waals surface area contributed by atoms with Crippen molar-refractivity contribution in [3.8, 4) is 5.75 Å². The summed E-state index contributed by atoms with van der Waals surface area (Å²) in [6.07, 6.45) is 0. The van der Waals surface area contributed by atoms with Crippen molar-refractivity contribution in [3.05, 3.63) is 28.3 Å². The third kappa shape index (κ3) is 4.26. The van der Waals surface area contributed by atoms with Crippen LogP contribution in [0, 0.1) is 10.1 Å². The maximum Gasteiger partial charge on any atom is 0.271 e. The Morgan fingerprint density at radius 2 is 2.04 bits per heavy atom. The molecule has 1 N–H and O–H groups in total. The third-order valence-corrected chi connectivity index (χ3v) is 3.95. The number of rotatable bonds is 7. The molecule has 0 fully saturated rings. The van der Waals surface area contributed by atoms with E-state index in [-0.39, 0.29) is 42.7 Å². The normalized spacial score (nSPS) is 12.8. The van der Waals surface area contributed by atoms with Crippen molar-refractivity contribution in [1.82, 2.24) is 10.2 Å². The number of anilines is 1. The molecule has 0 aromatic heterocycles. The van der Waals surface area contributed by atoms with Crippen molar-refractivity contribution in [2.75, 3.05) is 37.7 Å². The van der Waals surface area contributed by atoms with Gasteiger partial charge in [0.1, 0.15) is 12.3 Å². The predicted octanol–water partition coefficient (Wildman–Crippen LogP) is 0.305. The summed E-state index contributed by atoms with van der Waals surface area (Å²) in [5.74, 6) is -0.990. The van der Waals surface area contributed by atoms with Gasteiger partial charge in [0, 0.05) is 25.2 Å². The zero-order valence-electron chi connectivity index (χ0n) is 14.6. The molecule has 2 rings (SSSR count). The largest absolute Gasteiger partial charge is 0.482 e. The van der Waals surface area contributed by atoms with E-state index in [2.05, 4.69) is 5.32 Å². The fraction of sp³-hybridized carbons (Fsp3) is 0.438. The minimum absolute atomic E-state index is 0.153. The average Bonchev–Trinajstić information content (AvgIpc) is 2.63. The van der Waals surface area contributed by atoms with Gasteiger partial charge in [-0.2, -0.15) is 0 Å². The van der Waals surface area contributed by atoms with E-state index in [1.165, 1.54) is 18.2 Å². The Kier molecular flexibility index (Phi) is 6.10. The summed E-state index contributed by atoms with van der Waals surface area (Å²) in [4.78, 5) is 49.2. The lowest BCUT2D eigenvalue weighted by atomic mass is 10.2. The molecule has 1 aliphatic rings. The summed E-state index contributed by atoms with van der Waals surface area (Å²) >= 11 is 0. The molecule has 0 saturated carbocycles. The summed E-state index contributed by atoms with van der Waals surface area (Å²) in [5.41, 5.74) is -0.0650. The van der Waals surface area contributed by atoms with Crippen LogP contribution in [0.4, 0.5) is 11.4 Å². The van der Waals surface area contributed by atoms with Gasteiger partial charge >= 0.3 is 0 Å². The molecule has 0 unspecified atom stereocenters. The Hall–Kier alpha value is -3.17. The fourth-order valence-electron chi connectivity index (χ4n) is 2.54. The SMILES string of the molecule is CCN(CC)C(=O)CNC(=O)CN1C(=O)COc2ccc([N+](=O)[O-])cc21. The molecule has 0 saturated heterocycles. The lowest BCUT2D eigenvalue weighted by molar-refractivity contribution is -0.384. The summed E-state index contributed by atoms with van der Waals surface area (Å²) in [5, 5.41) is 13.4. The highest BCUT2D eigenvalue weighted by atomic mass is 16.6. The molecule has 1 heterocycles. The molecular weight excluding hydrogens is 344 g/mol. The number of benzene rings is 1. The molecular formula is C16H20N4O6. The highest BCUT2D eigenvalue weighted by Crippen LogP contribution is 2.35. The van der Waals surface area contributed by atoms with E-state index in [1.807, 2.05) is 13.8 Å². The number of amides is 3. The molecule has 10 nitrogen and oxygen atoms in total. The van der Waals surface area contributed by atoms with Crippen LogP contribution in [0.3, 0.4) is 0 Å². The maximum atomic E-state index is 12.1. The number of nitrogens with one attached hydrogen (secondary N) is 1. The molecule has 0 atom stereocenters.